The van der Waals surface area contributed by atoms with E-state index >= 15 is 0 Å². The number of allylic oxidation sites excluding steroid dienone is 1. The Kier molecular flexibility index (Phi) is 5.80. The van der Waals surface area contributed by atoms with E-state index in [1.165, 1.54) is 6.08 Å². The summed E-state index contributed by atoms with van der Waals surface area (Å²) in [5.74, 6) is 1.90. The number of rotatable bonds is 7. The summed E-state index contributed by atoms with van der Waals surface area (Å²) >= 11 is 0. The third-order valence-corrected chi connectivity index (χ3v) is 3.27. The minimum absolute atomic E-state index is 0.0863. The lowest BCUT2D eigenvalue weighted by molar-refractivity contribution is 0.104. The minimum Gasteiger partial charge on any atom is -0.497 e. The summed E-state index contributed by atoms with van der Waals surface area (Å²) in [6.07, 6.45) is 3.28. The Hall–Kier alpha value is -2.75. The zero-order valence-electron chi connectivity index (χ0n) is 13.5. The van der Waals surface area contributed by atoms with Crippen LogP contribution < -0.4 is 14.2 Å². The standard InChI is InChI=1S/C19H20O4/c1-4-23-18-11-9-14(12-19(18)22-3)8-10-17(20)15-6-5-7-16(13-15)21-2/h5-13H,4H2,1-3H3/b10-8+. The van der Waals surface area contributed by atoms with Gasteiger partial charge in [-0.05, 0) is 42.8 Å². The van der Waals surface area contributed by atoms with Gasteiger partial charge in [0.25, 0.3) is 0 Å². The lowest BCUT2D eigenvalue weighted by atomic mass is 10.1. The SMILES string of the molecule is CCOc1ccc(/C=C/C(=O)c2cccc(OC)c2)cc1OC. The summed E-state index contributed by atoms with van der Waals surface area (Å²) in [6, 6.07) is 12.6. The van der Waals surface area contributed by atoms with Crippen molar-refractivity contribution in [1.29, 1.82) is 0 Å². The zero-order chi connectivity index (χ0) is 16.7. The van der Waals surface area contributed by atoms with Crippen molar-refractivity contribution in [2.24, 2.45) is 0 Å². The molecule has 2 rings (SSSR count). The second-order valence-electron chi connectivity index (χ2n) is 4.77. The Labute approximate surface area is 136 Å². The molecule has 0 aliphatic heterocycles. The fourth-order valence-corrected chi connectivity index (χ4v) is 2.11. The highest BCUT2D eigenvalue weighted by atomic mass is 16.5. The topological polar surface area (TPSA) is 44.8 Å². The molecule has 0 atom stereocenters. The Balaban J connectivity index is 2.17. The van der Waals surface area contributed by atoms with Gasteiger partial charge in [-0.25, -0.2) is 0 Å². The third kappa shape index (κ3) is 4.36. The molecule has 4 heteroatoms. The maximum atomic E-state index is 12.2. The van der Waals surface area contributed by atoms with E-state index < -0.39 is 0 Å². The maximum absolute atomic E-state index is 12.2. The molecule has 0 aliphatic carbocycles. The molecule has 0 aromatic heterocycles. The number of carbonyl (C=O) groups is 1. The molecule has 23 heavy (non-hydrogen) atoms. The molecule has 4 nitrogen and oxygen atoms in total. The van der Waals surface area contributed by atoms with E-state index in [1.54, 1.807) is 44.6 Å². The zero-order valence-corrected chi connectivity index (χ0v) is 13.5. The van der Waals surface area contributed by atoms with Crippen molar-refractivity contribution in [1.82, 2.24) is 0 Å². The van der Waals surface area contributed by atoms with Crippen LogP contribution in [0.5, 0.6) is 17.2 Å². The van der Waals surface area contributed by atoms with Crippen LogP contribution in [-0.2, 0) is 0 Å². The number of hydrogen-bond acceptors (Lipinski definition) is 4. The van der Waals surface area contributed by atoms with Gasteiger partial charge in [0.2, 0.25) is 0 Å². The van der Waals surface area contributed by atoms with Crippen LogP contribution in [0, 0.1) is 0 Å². The van der Waals surface area contributed by atoms with Gasteiger partial charge in [0.15, 0.2) is 17.3 Å². The van der Waals surface area contributed by atoms with Gasteiger partial charge in [-0.2, -0.15) is 0 Å². The van der Waals surface area contributed by atoms with E-state index in [0.717, 1.165) is 5.56 Å². The van der Waals surface area contributed by atoms with E-state index in [2.05, 4.69) is 0 Å². The molecule has 120 valence electrons. The fourth-order valence-electron chi connectivity index (χ4n) is 2.11. The fraction of sp³-hybridized carbons (Fsp3) is 0.211. The summed E-state index contributed by atoms with van der Waals surface area (Å²) in [5, 5.41) is 0. The molecule has 0 radical (unpaired) electrons. The Bertz CT molecular complexity index is 704. The molecular formula is C19H20O4. The summed E-state index contributed by atoms with van der Waals surface area (Å²) < 4.78 is 15.9. The number of methoxy groups -OCH3 is 2. The molecule has 0 heterocycles. The van der Waals surface area contributed by atoms with Gasteiger partial charge >= 0.3 is 0 Å². The van der Waals surface area contributed by atoms with Crippen LogP contribution in [0.4, 0.5) is 0 Å². The first-order valence-corrected chi connectivity index (χ1v) is 7.35. The third-order valence-electron chi connectivity index (χ3n) is 3.27. The van der Waals surface area contributed by atoms with Crippen LogP contribution >= 0.6 is 0 Å². The molecule has 0 unspecified atom stereocenters. The van der Waals surface area contributed by atoms with Gasteiger partial charge in [0.05, 0.1) is 20.8 Å². The van der Waals surface area contributed by atoms with Crippen molar-refractivity contribution >= 4 is 11.9 Å². The predicted octanol–water partition coefficient (Wildman–Crippen LogP) is 4.00. The molecule has 0 bridgehead atoms. The first-order chi connectivity index (χ1) is 11.2. The van der Waals surface area contributed by atoms with Crippen molar-refractivity contribution in [2.45, 2.75) is 6.92 Å². The highest BCUT2D eigenvalue weighted by molar-refractivity contribution is 6.07. The van der Waals surface area contributed by atoms with E-state index in [1.807, 2.05) is 25.1 Å². The van der Waals surface area contributed by atoms with Crippen LogP contribution in [0.2, 0.25) is 0 Å². The molecule has 0 spiro atoms. The van der Waals surface area contributed by atoms with E-state index in [-0.39, 0.29) is 5.78 Å². The highest BCUT2D eigenvalue weighted by Gasteiger charge is 2.05. The van der Waals surface area contributed by atoms with E-state index in [0.29, 0.717) is 29.4 Å². The van der Waals surface area contributed by atoms with Crippen LogP contribution in [-0.4, -0.2) is 26.6 Å². The quantitative estimate of drug-likeness (QED) is 0.572. The maximum Gasteiger partial charge on any atom is 0.185 e. The number of benzene rings is 2. The van der Waals surface area contributed by atoms with Gasteiger partial charge in [0.1, 0.15) is 5.75 Å². The molecule has 0 amide bonds. The second kappa shape index (κ2) is 8.03. The van der Waals surface area contributed by atoms with Crippen molar-refractivity contribution in [3.8, 4) is 17.2 Å². The Morgan fingerprint density at radius 3 is 2.57 bits per heavy atom. The average Bonchev–Trinajstić information content (AvgIpc) is 2.60. The van der Waals surface area contributed by atoms with Crippen LogP contribution in [0.1, 0.15) is 22.8 Å². The summed E-state index contributed by atoms with van der Waals surface area (Å²) in [6.45, 7) is 2.49. The van der Waals surface area contributed by atoms with Crippen LogP contribution in [0.15, 0.2) is 48.5 Å². The molecule has 0 saturated heterocycles. The largest absolute Gasteiger partial charge is 0.497 e. The van der Waals surface area contributed by atoms with E-state index in [4.69, 9.17) is 14.2 Å². The highest BCUT2D eigenvalue weighted by Crippen LogP contribution is 2.28. The molecule has 0 aliphatic rings. The second-order valence-corrected chi connectivity index (χ2v) is 4.77. The molecule has 2 aromatic rings. The van der Waals surface area contributed by atoms with Crippen molar-refractivity contribution < 1.29 is 19.0 Å². The summed E-state index contributed by atoms with van der Waals surface area (Å²) in [7, 11) is 3.17. The molecule has 0 fully saturated rings. The van der Waals surface area contributed by atoms with Crippen LogP contribution in [0.3, 0.4) is 0 Å². The molecule has 0 saturated carbocycles. The number of ether oxygens (including phenoxy) is 3. The summed E-state index contributed by atoms with van der Waals surface area (Å²) in [4.78, 5) is 12.2. The Morgan fingerprint density at radius 1 is 1.04 bits per heavy atom. The monoisotopic (exact) mass is 312 g/mol. The number of carbonyl (C=O) groups excluding carboxylic acids is 1. The van der Waals surface area contributed by atoms with Crippen molar-refractivity contribution in [2.75, 3.05) is 20.8 Å². The van der Waals surface area contributed by atoms with Crippen molar-refractivity contribution in [3.05, 3.63) is 59.7 Å². The van der Waals surface area contributed by atoms with E-state index in [9.17, 15) is 4.79 Å². The normalized spacial score (nSPS) is 10.6. The molecule has 2 aromatic carbocycles. The summed E-state index contributed by atoms with van der Waals surface area (Å²) in [5.41, 5.74) is 1.44. The number of hydrogen-bond donors (Lipinski definition) is 0. The lowest BCUT2D eigenvalue weighted by Gasteiger charge is -2.09. The van der Waals surface area contributed by atoms with Gasteiger partial charge in [-0.15, -0.1) is 0 Å². The van der Waals surface area contributed by atoms with Gasteiger partial charge in [0, 0.05) is 5.56 Å². The minimum atomic E-state index is -0.0863. The Morgan fingerprint density at radius 2 is 1.87 bits per heavy atom. The molecular weight excluding hydrogens is 292 g/mol. The first kappa shape index (κ1) is 16.6. The van der Waals surface area contributed by atoms with Gasteiger partial charge in [-0.3, -0.25) is 4.79 Å². The average molecular weight is 312 g/mol. The number of ketones is 1. The lowest BCUT2D eigenvalue weighted by Crippen LogP contribution is -1.96. The van der Waals surface area contributed by atoms with Crippen LogP contribution in [0.25, 0.3) is 6.08 Å². The van der Waals surface area contributed by atoms with Crippen molar-refractivity contribution in [3.63, 3.8) is 0 Å². The predicted molar refractivity (Wildman–Crippen MR) is 90.5 cm³/mol. The smallest absolute Gasteiger partial charge is 0.185 e. The molecule has 0 N–H and O–H groups in total. The first-order valence-electron chi connectivity index (χ1n) is 7.35. The van der Waals surface area contributed by atoms with Gasteiger partial charge in [-0.1, -0.05) is 24.3 Å². The van der Waals surface area contributed by atoms with Gasteiger partial charge < -0.3 is 14.2 Å².